The Morgan fingerprint density at radius 2 is 2.27 bits per heavy atom. The van der Waals surface area contributed by atoms with Gasteiger partial charge in [-0.3, -0.25) is 4.98 Å². The molecule has 0 spiro atoms. The Bertz CT molecular complexity index is 799. The number of carbonyl (C=O) groups is 1. The molecule has 2 heterocycles. The topological polar surface area (TPSA) is 88.1 Å². The van der Waals surface area contributed by atoms with Gasteiger partial charge in [-0.1, -0.05) is 6.92 Å². The summed E-state index contributed by atoms with van der Waals surface area (Å²) >= 11 is 0. The van der Waals surface area contributed by atoms with Gasteiger partial charge >= 0.3 is 5.97 Å². The van der Waals surface area contributed by atoms with E-state index in [1.54, 1.807) is 37.5 Å². The molecular weight excluding hydrogens is 282 g/mol. The summed E-state index contributed by atoms with van der Waals surface area (Å²) in [5.74, 6) is 0.247. The third kappa shape index (κ3) is 2.76. The van der Waals surface area contributed by atoms with Crippen molar-refractivity contribution in [1.82, 2.24) is 15.0 Å². The molecule has 3 rings (SSSR count). The fraction of sp³-hybridized carbons (Fsp3) is 0.188. The molecule has 2 N–H and O–H groups in total. The zero-order valence-corrected chi connectivity index (χ0v) is 12.0. The second-order valence-electron chi connectivity index (χ2n) is 4.86. The minimum absolute atomic E-state index is 0.400. The number of aromatic nitrogens is 3. The van der Waals surface area contributed by atoms with Gasteiger partial charge in [0.25, 0.3) is 0 Å². The molecule has 6 heteroatoms. The molecule has 0 bridgehead atoms. The quantitative estimate of drug-likeness (QED) is 0.756. The summed E-state index contributed by atoms with van der Waals surface area (Å²) in [6, 6.07) is 9.04. The molecule has 0 aliphatic carbocycles. The number of aromatic amines is 1. The number of hydrogen-bond acceptors (Lipinski definition) is 4. The molecule has 6 nitrogen and oxygen atoms in total. The van der Waals surface area contributed by atoms with Crippen LogP contribution in [-0.2, 0) is 4.79 Å². The van der Waals surface area contributed by atoms with Crippen molar-refractivity contribution in [3.05, 3.63) is 42.7 Å². The molecule has 1 aromatic carbocycles. The highest BCUT2D eigenvalue weighted by molar-refractivity contribution is 5.81. The first kappa shape index (κ1) is 14.1. The molecule has 1 unspecified atom stereocenters. The summed E-state index contributed by atoms with van der Waals surface area (Å²) in [5, 5.41) is 9.05. The van der Waals surface area contributed by atoms with Gasteiger partial charge in [-0.2, -0.15) is 0 Å². The van der Waals surface area contributed by atoms with Crippen molar-refractivity contribution in [3.8, 4) is 17.1 Å². The normalized spacial score (nSPS) is 12.2. The number of H-pyrrole nitrogens is 1. The Hall–Kier alpha value is -2.89. The number of nitrogens with one attached hydrogen (secondary N) is 1. The fourth-order valence-electron chi connectivity index (χ4n) is 2.17. The molecule has 0 saturated heterocycles. The van der Waals surface area contributed by atoms with E-state index in [0.29, 0.717) is 18.0 Å². The summed E-state index contributed by atoms with van der Waals surface area (Å²) in [6.07, 6.45) is 2.98. The van der Waals surface area contributed by atoms with Crippen LogP contribution in [0.1, 0.15) is 13.3 Å². The van der Waals surface area contributed by atoms with Gasteiger partial charge in [0.05, 0.1) is 11.0 Å². The van der Waals surface area contributed by atoms with Crippen LogP contribution >= 0.6 is 0 Å². The van der Waals surface area contributed by atoms with Crippen LogP contribution in [0.15, 0.2) is 42.7 Å². The zero-order valence-electron chi connectivity index (χ0n) is 12.0. The van der Waals surface area contributed by atoms with E-state index in [0.717, 1.165) is 16.6 Å². The molecule has 0 aliphatic heterocycles. The van der Waals surface area contributed by atoms with Crippen LogP contribution in [0.5, 0.6) is 5.75 Å². The molecule has 0 aliphatic rings. The third-order valence-electron chi connectivity index (χ3n) is 3.31. The highest BCUT2D eigenvalue weighted by Crippen LogP contribution is 2.24. The largest absolute Gasteiger partial charge is 0.479 e. The number of rotatable bonds is 5. The predicted molar refractivity (Wildman–Crippen MR) is 81.7 cm³/mol. The van der Waals surface area contributed by atoms with Crippen LogP contribution in [0.4, 0.5) is 0 Å². The Morgan fingerprint density at radius 3 is 2.95 bits per heavy atom. The maximum atomic E-state index is 11.0. The first-order valence-electron chi connectivity index (χ1n) is 6.97. The second kappa shape index (κ2) is 5.85. The smallest absolute Gasteiger partial charge is 0.344 e. The first-order valence-corrected chi connectivity index (χ1v) is 6.97. The molecule has 1 atom stereocenters. The minimum Gasteiger partial charge on any atom is -0.479 e. The van der Waals surface area contributed by atoms with Crippen molar-refractivity contribution in [2.75, 3.05) is 0 Å². The van der Waals surface area contributed by atoms with Gasteiger partial charge < -0.3 is 14.8 Å². The highest BCUT2D eigenvalue weighted by atomic mass is 16.5. The molecule has 3 aromatic rings. The Morgan fingerprint density at radius 1 is 1.41 bits per heavy atom. The monoisotopic (exact) mass is 297 g/mol. The molecule has 0 saturated carbocycles. The Kier molecular flexibility index (Phi) is 3.74. The lowest BCUT2D eigenvalue weighted by atomic mass is 10.2. The number of benzene rings is 1. The summed E-state index contributed by atoms with van der Waals surface area (Å²) in [7, 11) is 0. The maximum Gasteiger partial charge on any atom is 0.344 e. The van der Waals surface area contributed by atoms with Gasteiger partial charge in [-0.15, -0.1) is 0 Å². The number of carboxylic acids is 1. The number of carboxylic acid groups (broad SMARTS) is 1. The number of imidazole rings is 1. The molecule has 22 heavy (non-hydrogen) atoms. The van der Waals surface area contributed by atoms with E-state index in [1.165, 1.54) is 0 Å². The standard InChI is InChI=1S/C16H15N3O3/c1-2-14(16(20)21)22-11-5-6-12-13(8-11)19-15(18-12)10-4-3-7-17-9-10/h3-9,14H,2H2,1H3,(H,18,19)(H,20,21). The van der Waals surface area contributed by atoms with Crippen molar-refractivity contribution in [2.45, 2.75) is 19.4 Å². The lowest BCUT2D eigenvalue weighted by molar-refractivity contribution is -0.145. The van der Waals surface area contributed by atoms with Gasteiger partial charge in [0, 0.05) is 24.0 Å². The highest BCUT2D eigenvalue weighted by Gasteiger charge is 2.17. The van der Waals surface area contributed by atoms with E-state index in [4.69, 9.17) is 9.84 Å². The second-order valence-corrected chi connectivity index (χ2v) is 4.86. The maximum absolute atomic E-state index is 11.0. The van der Waals surface area contributed by atoms with Crippen LogP contribution in [0.3, 0.4) is 0 Å². The lowest BCUT2D eigenvalue weighted by Gasteiger charge is -2.12. The number of hydrogen-bond donors (Lipinski definition) is 2. The number of aliphatic carboxylic acids is 1. The molecule has 0 fully saturated rings. The fourth-order valence-corrected chi connectivity index (χ4v) is 2.17. The van der Waals surface area contributed by atoms with E-state index < -0.39 is 12.1 Å². The van der Waals surface area contributed by atoms with Gasteiger partial charge in [0.1, 0.15) is 11.6 Å². The van der Waals surface area contributed by atoms with Crippen molar-refractivity contribution in [3.63, 3.8) is 0 Å². The van der Waals surface area contributed by atoms with E-state index in [9.17, 15) is 4.79 Å². The van der Waals surface area contributed by atoms with Crippen LogP contribution in [0.2, 0.25) is 0 Å². The number of fused-ring (bicyclic) bond motifs is 1. The van der Waals surface area contributed by atoms with E-state index >= 15 is 0 Å². The summed E-state index contributed by atoms with van der Waals surface area (Å²) in [5.41, 5.74) is 2.46. The lowest BCUT2D eigenvalue weighted by Crippen LogP contribution is -2.25. The average molecular weight is 297 g/mol. The van der Waals surface area contributed by atoms with E-state index in [1.807, 2.05) is 12.1 Å². The Labute approximate surface area is 126 Å². The summed E-state index contributed by atoms with van der Waals surface area (Å²) in [6.45, 7) is 1.77. The van der Waals surface area contributed by atoms with E-state index in [-0.39, 0.29) is 0 Å². The van der Waals surface area contributed by atoms with Gasteiger partial charge in [-0.05, 0) is 30.7 Å². The van der Waals surface area contributed by atoms with Crippen LogP contribution in [0, 0.1) is 0 Å². The molecular formula is C16H15N3O3. The summed E-state index contributed by atoms with van der Waals surface area (Å²) in [4.78, 5) is 22.8. The van der Waals surface area contributed by atoms with Crippen molar-refractivity contribution in [2.24, 2.45) is 0 Å². The molecule has 112 valence electrons. The molecule has 0 radical (unpaired) electrons. The minimum atomic E-state index is -0.969. The molecule has 0 amide bonds. The number of ether oxygens (including phenoxy) is 1. The predicted octanol–water partition coefficient (Wildman–Crippen LogP) is 2.87. The van der Waals surface area contributed by atoms with Crippen LogP contribution in [0.25, 0.3) is 22.4 Å². The van der Waals surface area contributed by atoms with Crippen molar-refractivity contribution < 1.29 is 14.6 Å². The van der Waals surface area contributed by atoms with Gasteiger partial charge in [0.2, 0.25) is 0 Å². The van der Waals surface area contributed by atoms with Crippen LogP contribution in [-0.4, -0.2) is 32.1 Å². The number of nitrogens with zero attached hydrogens (tertiary/aromatic N) is 2. The third-order valence-corrected chi connectivity index (χ3v) is 3.31. The summed E-state index contributed by atoms with van der Waals surface area (Å²) < 4.78 is 5.49. The number of pyridine rings is 1. The van der Waals surface area contributed by atoms with Gasteiger partial charge in [0.15, 0.2) is 6.10 Å². The zero-order chi connectivity index (χ0) is 15.5. The van der Waals surface area contributed by atoms with Gasteiger partial charge in [-0.25, -0.2) is 9.78 Å². The van der Waals surface area contributed by atoms with Crippen molar-refractivity contribution >= 4 is 17.0 Å². The van der Waals surface area contributed by atoms with Crippen LogP contribution < -0.4 is 4.74 Å². The Balaban J connectivity index is 1.92. The SMILES string of the molecule is CCC(Oc1ccc2nc(-c3cccnc3)[nH]c2c1)C(=O)O. The first-order chi connectivity index (χ1) is 10.7. The average Bonchev–Trinajstić information content (AvgIpc) is 2.96. The van der Waals surface area contributed by atoms with E-state index in [2.05, 4.69) is 15.0 Å². The molecule has 2 aromatic heterocycles. The van der Waals surface area contributed by atoms with Crippen molar-refractivity contribution in [1.29, 1.82) is 0 Å².